The van der Waals surface area contributed by atoms with E-state index >= 15 is 0 Å². The number of Topliss-reactive ketones (excluding diaryl/α,β-unsaturated/α-hetero) is 1. The van der Waals surface area contributed by atoms with E-state index in [1.165, 1.54) is 0 Å². The first kappa shape index (κ1) is 17.2. The fourth-order valence-corrected chi connectivity index (χ4v) is 5.40. The van der Waals surface area contributed by atoms with Gasteiger partial charge >= 0.3 is 0 Å². The SMILES string of the molecule is O=C1C[C@@]2(CC[C@@H]3[C@@H](C(=O)NCCN4CCOCC4)[C@@H]32)Oc2ccccc21. The Hall–Kier alpha value is -1.92. The van der Waals surface area contributed by atoms with Crippen molar-refractivity contribution in [3.8, 4) is 5.75 Å². The first-order valence-corrected chi connectivity index (χ1v) is 10.1. The van der Waals surface area contributed by atoms with Crippen molar-refractivity contribution in [3.05, 3.63) is 29.8 Å². The molecule has 2 saturated carbocycles. The Morgan fingerprint density at radius 1 is 1.26 bits per heavy atom. The summed E-state index contributed by atoms with van der Waals surface area (Å²) >= 11 is 0. The van der Waals surface area contributed by atoms with Gasteiger partial charge in [0.2, 0.25) is 5.91 Å². The number of ether oxygens (including phenoxy) is 2. The highest BCUT2D eigenvalue weighted by Crippen LogP contribution is 2.65. The molecule has 2 aliphatic carbocycles. The van der Waals surface area contributed by atoms with Crippen molar-refractivity contribution in [2.75, 3.05) is 39.4 Å². The highest BCUT2D eigenvalue weighted by molar-refractivity contribution is 6.00. The second kappa shape index (κ2) is 6.60. The van der Waals surface area contributed by atoms with Crippen LogP contribution in [0.25, 0.3) is 0 Å². The van der Waals surface area contributed by atoms with E-state index < -0.39 is 5.60 Å². The summed E-state index contributed by atoms with van der Waals surface area (Å²) in [5.74, 6) is 1.52. The fraction of sp³-hybridized carbons (Fsp3) is 0.619. The average Bonchev–Trinajstić information content (AvgIpc) is 3.34. The molecule has 0 radical (unpaired) electrons. The van der Waals surface area contributed by atoms with Crippen molar-refractivity contribution in [1.82, 2.24) is 10.2 Å². The molecular weight excluding hydrogens is 344 g/mol. The molecule has 1 amide bonds. The molecule has 144 valence electrons. The fourth-order valence-electron chi connectivity index (χ4n) is 5.40. The van der Waals surface area contributed by atoms with E-state index in [1.807, 2.05) is 24.3 Å². The number of amides is 1. The van der Waals surface area contributed by atoms with Gasteiger partial charge in [0.05, 0.1) is 25.2 Å². The summed E-state index contributed by atoms with van der Waals surface area (Å²) < 4.78 is 11.7. The Kier molecular flexibility index (Phi) is 4.20. The third kappa shape index (κ3) is 2.95. The van der Waals surface area contributed by atoms with Gasteiger partial charge in [-0.2, -0.15) is 0 Å². The lowest BCUT2D eigenvalue weighted by Crippen LogP contribution is -2.45. The average molecular weight is 370 g/mol. The Morgan fingerprint density at radius 2 is 2.07 bits per heavy atom. The zero-order chi connectivity index (χ0) is 18.4. The number of nitrogens with zero attached hydrogens (tertiary/aromatic N) is 1. The van der Waals surface area contributed by atoms with Gasteiger partial charge in [-0.15, -0.1) is 0 Å². The Morgan fingerprint density at radius 3 is 2.93 bits per heavy atom. The van der Waals surface area contributed by atoms with Crippen LogP contribution in [-0.2, 0) is 9.53 Å². The van der Waals surface area contributed by atoms with Crippen molar-refractivity contribution < 1.29 is 19.1 Å². The maximum absolute atomic E-state index is 12.7. The third-order valence-corrected chi connectivity index (χ3v) is 6.77. The van der Waals surface area contributed by atoms with Gasteiger partial charge in [-0.1, -0.05) is 12.1 Å². The van der Waals surface area contributed by atoms with Crippen LogP contribution in [0, 0.1) is 17.8 Å². The number of rotatable bonds is 4. The maximum Gasteiger partial charge on any atom is 0.223 e. The molecule has 6 nitrogen and oxygen atoms in total. The van der Waals surface area contributed by atoms with E-state index in [9.17, 15) is 9.59 Å². The van der Waals surface area contributed by atoms with Crippen LogP contribution in [0.3, 0.4) is 0 Å². The van der Waals surface area contributed by atoms with Crippen LogP contribution in [0.1, 0.15) is 29.6 Å². The summed E-state index contributed by atoms with van der Waals surface area (Å²) in [5, 5.41) is 3.11. The number of morpholine rings is 1. The second-order valence-electron chi connectivity index (χ2n) is 8.26. The van der Waals surface area contributed by atoms with Crippen LogP contribution >= 0.6 is 0 Å². The number of ketones is 1. The molecule has 0 unspecified atom stereocenters. The van der Waals surface area contributed by atoms with Gasteiger partial charge in [0.15, 0.2) is 5.78 Å². The minimum Gasteiger partial charge on any atom is -0.486 e. The van der Waals surface area contributed by atoms with E-state index in [4.69, 9.17) is 9.47 Å². The third-order valence-electron chi connectivity index (χ3n) is 6.77. The van der Waals surface area contributed by atoms with E-state index in [2.05, 4.69) is 10.2 Å². The number of carbonyl (C=O) groups excluding carboxylic acids is 2. The molecule has 4 atom stereocenters. The molecule has 4 aliphatic rings. The Labute approximate surface area is 159 Å². The highest BCUT2D eigenvalue weighted by Gasteiger charge is 2.70. The first-order valence-electron chi connectivity index (χ1n) is 10.1. The van der Waals surface area contributed by atoms with Crippen LogP contribution < -0.4 is 10.1 Å². The molecule has 3 fully saturated rings. The minimum absolute atomic E-state index is 0.00139. The predicted octanol–water partition coefficient (Wildman–Crippen LogP) is 1.49. The molecule has 5 rings (SSSR count). The topological polar surface area (TPSA) is 67.9 Å². The Balaban J connectivity index is 1.21. The van der Waals surface area contributed by atoms with Gasteiger partial charge < -0.3 is 14.8 Å². The standard InChI is InChI=1S/C21H26N2O4/c24-16-13-21(27-17-4-2-1-3-14(16)17)6-5-15-18(19(15)21)20(25)22-7-8-23-9-11-26-12-10-23/h1-4,15,18-19H,5-13H2,(H,22,25)/t15-,18-,19-,21-/m1/s1. The smallest absolute Gasteiger partial charge is 0.223 e. The number of carbonyl (C=O) groups is 2. The summed E-state index contributed by atoms with van der Waals surface area (Å²) in [6.45, 7) is 4.95. The van der Waals surface area contributed by atoms with Crippen LogP contribution in [0.4, 0.5) is 0 Å². The van der Waals surface area contributed by atoms with Gasteiger partial charge in [-0.25, -0.2) is 0 Å². The van der Waals surface area contributed by atoms with Crippen molar-refractivity contribution in [2.24, 2.45) is 17.8 Å². The molecular formula is C21H26N2O4. The molecule has 2 aliphatic heterocycles. The Bertz CT molecular complexity index is 760. The van der Waals surface area contributed by atoms with E-state index in [1.54, 1.807) is 0 Å². The van der Waals surface area contributed by atoms with Gasteiger partial charge in [-0.3, -0.25) is 14.5 Å². The quantitative estimate of drug-likeness (QED) is 0.870. The molecule has 1 saturated heterocycles. The van der Waals surface area contributed by atoms with Gasteiger partial charge in [0.25, 0.3) is 0 Å². The molecule has 1 aromatic rings. The predicted molar refractivity (Wildman–Crippen MR) is 98.7 cm³/mol. The number of hydrogen-bond donors (Lipinski definition) is 1. The number of nitrogens with one attached hydrogen (secondary N) is 1. The van der Waals surface area contributed by atoms with E-state index in [0.717, 1.165) is 45.7 Å². The summed E-state index contributed by atoms with van der Waals surface area (Å²) in [7, 11) is 0. The zero-order valence-corrected chi connectivity index (χ0v) is 15.5. The van der Waals surface area contributed by atoms with Gasteiger partial charge in [-0.05, 0) is 30.9 Å². The lowest BCUT2D eigenvalue weighted by molar-refractivity contribution is -0.124. The van der Waals surface area contributed by atoms with Crippen LogP contribution in [-0.4, -0.2) is 61.6 Å². The number of fused-ring (bicyclic) bond motifs is 3. The van der Waals surface area contributed by atoms with Crippen LogP contribution in [0.5, 0.6) is 5.75 Å². The molecule has 0 aromatic heterocycles. The number of hydrogen-bond acceptors (Lipinski definition) is 5. The van der Waals surface area contributed by atoms with Gasteiger partial charge in [0.1, 0.15) is 11.4 Å². The van der Waals surface area contributed by atoms with Crippen molar-refractivity contribution in [3.63, 3.8) is 0 Å². The molecule has 6 heteroatoms. The lowest BCUT2D eigenvalue weighted by atomic mass is 9.84. The number of para-hydroxylation sites is 1. The highest BCUT2D eigenvalue weighted by atomic mass is 16.5. The summed E-state index contributed by atoms with van der Waals surface area (Å²) in [6.07, 6.45) is 2.25. The normalized spacial score (nSPS) is 34.7. The molecule has 1 aromatic carbocycles. The maximum atomic E-state index is 12.7. The molecule has 27 heavy (non-hydrogen) atoms. The lowest BCUT2D eigenvalue weighted by Gasteiger charge is -2.37. The zero-order valence-electron chi connectivity index (χ0n) is 15.5. The van der Waals surface area contributed by atoms with Crippen molar-refractivity contribution in [2.45, 2.75) is 24.9 Å². The molecule has 1 spiro atoms. The monoisotopic (exact) mass is 370 g/mol. The number of benzene rings is 1. The summed E-state index contributed by atoms with van der Waals surface area (Å²) in [5.41, 5.74) is 0.209. The second-order valence-corrected chi connectivity index (χ2v) is 8.26. The van der Waals surface area contributed by atoms with Crippen LogP contribution in [0.15, 0.2) is 24.3 Å². The summed E-state index contributed by atoms with van der Waals surface area (Å²) in [4.78, 5) is 27.7. The molecule has 0 bridgehead atoms. The molecule has 1 N–H and O–H groups in total. The van der Waals surface area contributed by atoms with Crippen molar-refractivity contribution >= 4 is 11.7 Å². The van der Waals surface area contributed by atoms with Crippen LogP contribution in [0.2, 0.25) is 0 Å². The minimum atomic E-state index is -0.470. The largest absolute Gasteiger partial charge is 0.486 e. The first-order chi connectivity index (χ1) is 13.2. The van der Waals surface area contributed by atoms with Crippen molar-refractivity contribution in [1.29, 1.82) is 0 Å². The van der Waals surface area contributed by atoms with E-state index in [-0.39, 0.29) is 23.5 Å². The molecule has 2 heterocycles. The summed E-state index contributed by atoms with van der Waals surface area (Å²) in [6, 6.07) is 7.48. The van der Waals surface area contributed by atoms with Gasteiger partial charge in [0, 0.05) is 38.0 Å². The van der Waals surface area contributed by atoms with E-state index in [0.29, 0.717) is 30.2 Å².